The SMILES string of the molecule is O=C(Nc1cccc2nc(C(F)(F)F)n(C3CC3c3ccccc3)c(=O)c12)c1cc(Cl)c(O)c(Cl)c1. The average molecular weight is 534 g/mol. The molecule has 1 aromatic heterocycles. The number of nitrogens with zero attached hydrogens (tertiary/aromatic N) is 2. The molecule has 0 bridgehead atoms. The van der Waals surface area contributed by atoms with E-state index < -0.39 is 35.3 Å². The molecule has 36 heavy (non-hydrogen) atoms. The summed E-state index contributed by atoms with van der Waals surface area (Å²) in [5, 5.41) is 11.8. The van der Waals surface area contributed by atoms with Crippen molar-refractivity contribution in [1.82, 2.24) is 9.55 Å². The summed E-state index contributed by atoms with van der Waals surface area (Å²) < 4.78 is 42.6. The van der Waals surface area contributed by atoms with Crippen LogP contribution in [-0.4, -0.2) is 20.6 Å². The van der Waals surface area contributed by atoms with E-state index >= 15 is 0 Å². The highest BCUT2D eigenvalue weighted by atomic mass is 35.5. The fourth-order valence-corrected chi connectivity index (χ4v) is 4.76. The van der Waals surface area contributed by atoms with Crippen molar-refractivity contribution in [2.45, 2.75) is 24.6 Å². The molecule has 5 rings (SSSR count). The number of rotatable bonds is 4. The van der Waals surface area contributed by atoms with Crippen LogP contribution in [0, 0.1) is 0 Å². The molecular formula is C25H16Cl2F3N3O3. The molecule has 0 radical (unpaired) electrons. The van der Waals surface area contributed by atoms with Gasteiger partial charge in [0.05, 0.1) is 26.6 Å². The molecule has 1 aliphatic rings. The van der Waals surface area contributed by atoms with Crippen molar-refractivity contribution in [3.63, 3.8) is 0 Å². The van der Waals surface area contributed by atoms with Crippen LogP contribution in [0.3, 0.4) is 0 Å². The summed E-state index contributed by atoms with van der Waals surface area (Å²) >= 11 is 11.8. The molecule has 1 heterocycles. The summed E-state index contributed by atoms with van der Waals surface area (Å²) in [5.41, 5.74) is -0.333. The minimum atomic E-state index is -4.87. The molecule has 2 atom stereocenters. The number of halogens is 5. The van der Waals surface area contributed by atoms with Gasteiger partial charge >= 0.3 is 6.18 Å². The van der Waals surface area contributed by atoms with Gasteiger partial charge in [-0.25, -0.2) is 4.98 Å². The van der Waals surface area contributed by atoms with Crippen molar-refractivity contribution in [3.8, 4) is 5.75 Å². The molecule has 2 unspecified atom stereocenters. The second kappa shape index (κ2) is 8.83. The van der Waals surface area contributed by atoms with Gasteiger partial charge in [-0.15, -0.1) is 0 Å². The Morgan fingerprint density at radius 2 is 1.72 bits per heavy atom. The van der Waals surface area contributed by atoms with Crippen LogP contribution < -0.4 is 10.9 Å². The first-order chi connectivity index (χ1) is 17.1. The fourth-order valence-electron chi connectivity index (χ4n) is 4.27. The molecule has 1 aliphatic carbocycles. The summed E-state index contributed by atoms with van der Waals surface area (Å²) in [6.45, 7) is 0. The Labute approximate surface area is 211 Å². The average Bonchev–Trinajstić information content (AvgIpc) is 3.62. The van der Waals surface area contributed by atoms with E-state index in [1.807, 2.05) is 0 Å². The van der Waals surface area contributed by atoms with Gasteiger partial charge in [-0.2, -0.15) is 13.2 Å². The van der Waals surface area contributed by atoms with E-state index in [-0.39, 0.29) is 38.1 Å². The Morgan fingerprint density at radius 1 is 1.06 bits per heavy atom. The zero-order valence-electron chi connectivity index (χ0n) is 18.2. The van der Waals surface area contributed by atoms with Crippen LogP contribution in [0.5, 0.6) is 5.75 Å². The minimum Gasteiger partial charge on any atom is -0.505 e. The zero-order chi connectivity index (χ0) is 25.8. The van der Waals surface area contributed by atoms with E-state index in [9.17, 15) is 27.9 Å². The molecule has 1 saturated carbocycles. The van der Waals surface area contributed by atoms with Crippen molar-refractivity contribution < 1.29 is 23.1 Å². The Hall–Kier alpha value is -3.56. The second-order valence-corrected chi connectivity index (χ2v) is 9.19. The molecule has 0 spiro atoms. The number of aromatic nitrogens is 2. The van der Waals surface area contributed by atoms with Crippen molar-refractivity contribution in [1.29, 1.82) is 0 Å². The molecule has 3 aromatic carbocycles. The van der Waals surface area contributed by atoms with E-state index in [2.05, 4.69) is 10.3 Å². The van der Waals surface area contributed by atoms with Crippen LogP contribution in [0.4, 0.5) is 18.9 Å². The first-order valence-corrected chi connectivity index (χ1v) is 11.5. The van der Waals surface area contributed by atoms with Gasteiger partial charge in [0, 0.05) is 17.5 Å². The molecule has 0 aliphatic heterocycles. The maximum absolute atomic E-state index is 14.0. The molecule has 4 aromatic rings. The maximum Gasteiger partial charge on any atom is 0.449 e. The lowest BCUT2D eigenvalue weighted by Gasteiger charge is -2.17. The van der Waals surface area contributed by atoms with Crippen LogP contribution in [-0.2, 0) is 6.18 Å². The largest absolute Gasteiger partial charge is 0.505 e. The number of carbonyl (C=O) groups excluding carboxylic acids is 1. The summed E-state index contributed by atoms with van der Waals surface area (Å²) in [4.78, 5) is 30.2. The van der Waals surface area contributed by atoms with E-state index in [1.165, 1.54) is 30.3 Å². The lowest BCUT2D eigenvalue weighted by Crippen LogP contribution is -2.30. The first kappa shape index (κ1) is 24.1. The number of aromatic hydroxyl groups is 1. The number of phenols is 1. The topological polar surface area (TPSA) is 84.2 Å². The molecule has 6 nitrogen and oxygen atoms in total. The number of nitrogens with one attached hydrogen (secondary N) is 1. The Kier molecular flexibility index (Phi) is 5.92. The fraction of sp³-hybridized carbons (Fsp3) is 0.160. The maximum atomic E-state index is 14.0. The lowest BCUT2D eigenvalue weighted by atomic mass is 10.1. The van der Waals surface area contributed by atoms with Crippen molar-refractivity contribution in [3.05, 3.63) is 98.0 Å². The summed E-state index contributed by atoms with van der Waals surface area (Å²) in [5.74, 6) is -2.69. The molecule has 1 amide bonds. The number of hydrogen-bond acceptors (Lipinski definition) is 4. The highest BCUT2D eigenvalue weighted by molar-refractivity contribution is 6.37. The monoisotopic (exact) mass is 533 g/mol. The molecule has 2 N–H and O–H groups in total. The third-order valence-electron chi connectivity index (χ3n) is 6.03. The first-order valence-electron chi connectivity index (χ1n) is 10.7. The van der Waals surface area contributed by atoms with Crippen LogP contribution in [0.15, 0.2) is 65.5 Å². The molecule has 1 fully saturated rings. The van der Waals surface area contributed by atoms with E-state index in [4.69, 9.17) is 23.2 Å². The predicted molar refractivity (Wildman–Crippen MR) is 130 cm³/mol. The third-order valence-corrected chi connectivity index (χ3v) is 6.60. The number of alkyl halides is 3. The van der Waals surface area contributed by atoms with E-state index in [0.717, 1.165) is 5.56 Å². The van der Waals surface area contributed by atoms with E-state index in [0.29, 0.717) is 11.0 Å². The number of carbonyl (C=O) groups is 1. The molecular weight excluding hydrogens is 518 g/mol. The Bertz CT molecular complexity index is 1550. The normalized spacial score (nSPS) is 17.2. The van der Waals surface area contributed by atoms with Crippen LogP contribution in [0.1, 0.15) is 40.1 Å². The number of benzene rings is 3. The lowest BCUT2D eigenvalue weighted by molar-refractivity contribution is -0.148. The predicted octanol–water partition coefficient (Wildman–Crippen LogP) is 6.41. The highest BCUT2D eigenvalue weighted by Gasteiger charge is 2.47. The smallest absolute Gasteiger partial charge is 0.449 e. The summed E-state index contributed by atoms with van der Waals surface area (Å²) in [7, 11) is 0. The van der Waals surface area contributed by atoms with Crippen molar-refractivity contribution >= 4 is 45.7 Å². The van der Waals surface area contributed by atoms with Gasteiger partial charge in [0.2, 0.25) is 5.82 Å². The van der Waals surface area contributed by atoms with Gasteiger partial charge in [0.1, 0.15) is 0 Å². The minimum absolute atomic E-state index is 0.0188. The van der Waals surface area contributed by atoms with Crippen molar-refractivity contribution in [2.75, 3.05) is 5.32 Å². The van der Waals surface area contributed by atoms with Crippen LogP contribution in [0.25, 0.3) is 10.9 Å². The van der Waals surface area contributed by atoms with E-state index in [1.54, 1.807) is 30.3 Å². The van der Waals surface area contributed by atoms with Gasteiger partial charge < -0.3 is 10.4 Å². The number of fused-ring (bicyclic) bond motifs is 1. The number of amides is 1. The van der Waals surface area contributed by atoms with Crippen LogP contribution in [0.2, 0.25) is 10.0 Å². The van der Waals surface area contributed by atoms with Gasteiger partial charge in [-0.3, -0.25) is 14.2 Å². The van der Waals surface area contributed by atoms with Crippen molar-refractivity contribution in [2.24, 2.45) is 0 Å². The van der Waals surface area contributed by atoms with Crippen LogP contribution >= 0.6 is 23.2 Å². The molecule has 11 heteroatoms. The van der Waals surface area contributed by atoms with Gasteiger partial charge in [-0.05, 0) is 36.2 Å². The van der Waals surface area contributed by atoms with Gasteiger partial charge in [0.25, 0.3) is 11.5 Å². The Morgan fingerprint density at radius 3 is 2.36 bits per heavy atom. The summed E-state index contributed by atoms with van der Waals surface area (Å²) in [6, 6.07) is 14.7. The van der Waals surface area contributed by atoms with Gasteiger partial charge in [-0.1, -0.05) is 59.6 Å². The molecule has 0 saturated heterocycles. The highest BCUT2D eigenvalue weighted by Crippen LogP contribution is 2.52. The molecule has 184 valence electrons. The quantitative estimate of drug-likeness (QED) is 0.317. The second-order valence-electron chi connectivity index (χ2n) is 8.37. The summed E-state index contributed by atoms with van der Waals surface area (Å²) in [6.07, 6.45) is -4.52. The standard InChI is InChI=1S/C25H16Cl2F3N3O3/c26-15-9-13(10-16(27)21(15)34)22(35)31-17-7-4-8-18-20(17)23(36)33(24(32-18)25(28,29)30)19-11-14(19)12-5-2-1-3-6-12/h1-10,14,19,34H,11H2,(H,31,35). The Balaban J connectivity index is 1.61. The third kappa shape index (κ3) is 4.29. The number of phenolic OH excluding ortho intramolecular Hbond substituents is 1. The van der Waals surface area contributed by atoms with Gasteiger partial charge in [0.15, 0.2) is 5.75 Å². The number of anilines is 1. The number of hydrogen-bond donors (Lipinski definition) is 2. The zero-order valence-corrected chi connectivity index (χ0v) is 19.7.